The summed E-state index contributed by atoms with van der Waals surface area (Å²) in [5.41, 5.74) is 3.49. The van der Waals surface area contributed by atoms with E-state index in [1.807, 2.05) is 60.7 Å². The Morgan fingerprint density at radius 2 is 1.69 bits per heavy atom. The number of hydrogen-bond acceptors (Lipinski definition) is 6. The summed E-state index contributed by atoms with van der Waals surface area (Å²) in [4.78, 5) is 39.5. The van der Waals surface area contributed by atoms with E-state index in [0.717, 1.165) is 11.1 Å². The third kappa shape index (κ3) is 6.63. The molecular formula is C28H29N3O5. The van der Waals surface area contributed by atoms with E-state index in [2.05, 4.69) is 10.6 Å². The average molecular weight is 488 g/mol. The molecule has 0 bridgehead atoms. The summed E-state index contributed by atoms with van der Waals surface area (Å²) in [6.45, 7) is 0.997. The van der Waals surface area contributed by atoms with E-state index in [-0.39, 0.29) is 30.9 Å². The van der Waals surface area contributed by atoms with Crippen LogP contribution in [0.5, 0.6) is 0 Å². The third-order valence-electron chi connectivity index (χ3n) is 5.95. The average Bonchev–Trinajstić information content (AvgIpc) is 3.03. The number of amides is 2. The number of nitrogens with zero attached hydrogens (tertiary/aromatic N) is 1. The number of benzene rings is 3. The molecule has 0 saturated heterocycles. The lowest BCUT2D eigenvalue weighted by Gasteiger charge is -2.24. The predicted octanol–water partition coefficient (Wildman–Crippen LogP) is 4.48. The molecule has 0 aliphatic carbocycles. The summed E-state index contributed by atoms with van der Waals surface area (Å²) in [6, 6.07) is 24.0. The lowest BCUT2D eigenvalue weighted by atomic mass is 10.1. The van der Waals surface area contributed by atoms with Crippen LogP contribution < -0.4 is 10.6 Å². The van der Waals surface area contributed by atoms with Crippen molar-refractivity contribution < 1.29 is 23.9 Å². The van der Waals surface area contributed by atoms with Gasteiger partial charge in [0.2, 0.25) is 0 Å². The number of carbonyl (C=O) groups is 3. The first-order valence-electron chi connectivity index (χ1n) is 11.8. The Kier molecular flexibility index (Phi) is 8.18. The zero-order valence-electron chi connectivity index (χ0n) is 20.1. The highest BCUT2D eigenvalue weighted by Crippen LogP contribution is 2.27. The molecule has 0 fully saturated rings. The van der Waals surface area contributed by atoms with Crippen molar-refractivity contribution in [3.63, 3.8) is 0 Å². The van der Waals surface area contributed by atoms with E-state index >= 15 is 0 Å². The van der Waals surface area contributed by atoms with Gasteiger partial charge in [-0.1, -0.05) is 60.7 Å². The fraction of sp³-hybridized carbons (Fsp3) is 0.250. The van der Waals surface area contributed by atoms with Crippen LogP contribution in [0.15, 0.2) is 78.9 Å². The van der Waals surface area contributed by atoms with Gasteiger partial charge in [-0.25, -0.2) is 4.79 Å². The monoisotopic (exact) mass is 487 g/mol. The van der Waals surface area contributed by atoms with Gasteiger partial charge in [-0.05, 0) is 35.7 Å². The van der Waals surface area contributed by atoms with Gasteiger partial charge in [0.25, 0.3) is 5.91 Å². The molecule has 0 aromatic heterocycles. The Bertz CT molecular complexity index is 1200. The van der Waals surface area contributed by atoms with Crippen molar-refractivity contribution in [3.8, 4) is 0 Å². The number of esters is 1. The Balaban J connectivity index is 1.48. The van der Waals surface area contributed by atoms with Crippen molar-refractivity contribution in [2.24, 2.45) is 0 Å². The highest BCUT2D eigenvalue weighted by Gasteiger charge is 2.29. The largest absolute Gasteiger partial charge is 0.469 e. The highest BCUT2D eigenvalue weighted by atomic mass is 16.5. The highest BCUT2D eigenvalue weighted by molar-refractivity contribution is 6.01. The van der Waals surface area contributed by atoms with Crippen LogP contribution in [0, 0.1) is 0 Å². The number of carbonyl (C=O) groups excluding carboxylic acids is 3. The molecule has 3 aromatic rings. The number of nitrogens with one attached hydrogen (secondary N) is 2. The van der Waals surface area contributed by atoms with Crippen LogP contribution in [0.2, 0.25) is 0 Å². The number of hydrogen-bond donors (Lipinski definition) is 2. The minimum atomic E-state index is -0.602. The van der Waals surface area contributed by atoms with E-state index in [1.54, 1.807) is 23.1 Å². The van der Waals surface area contributed by atoms with Crippen LogP contribution in [-0.2, 0) is 27.3 Å². The van der Waals surface area contributed by atoms with Crippen molar-refractivity contribution in [1.29, 1.82) is 0 Å². The van der Waals surface area contributed by atoms with Gasteiger partial charge in [0, 0.05) is 24.5 Å². The first-order chi connectivity index (χ1) is 17.5. The molecule has 0 spiro atoms. The molecular weight excluding hydrogens is 458 g/mol. The third-order valence-corrected chi connectivity index (χ3v) is 5.95. The molecule has 0 radical (unpaired) electrons. The summed E-state index contributed by atoms with van der Waals surface area (Å²) in [5.74, 6) is -0.510. The van der Waals surface area contributed by atoms with Gasteiger partial charge < -0.3 is 19.7 Å². The number of methoxy groups -OCH3 is 1. The van der Waals surface area contributed by atoms with Crippen LogP contribution in [0.4, 0.5) is 16.2 Å². The molecule has 1 aliphatic rings. The molecule has 1 aliphatic heterocycles. The zero-order valence-corrected chi connectivity index (χ0v) is 20.1. The normalized spacial score (nSPS) is 14.8. The quantitative estimate of drug-likeness (QED) is 0.455. The SMILES string of the molecule is COC(=O)CC1CN(CCc2ccccc2)C(=O)c2ccc(NC(=O)OCc3ccccc3)cc2N1. The summed E-state index contributed by atoms with van der Waals surface area (Å²) in [6.07, 6.45) is 0.191. The molecule has 186 valence electrons. The van der Waals surface area contributed by atoms with E-state index in [9.17, 15) is 14.4 Å². The van der Waals surface area contributed by atoms with Crippen LogP contribution >= 0.6 is 0 Å². The van der Waals surface area contributed by atoms with E-state index in [0.29, 0.717) is 36.4 Å². The second-order valence-electron chi connectivity index (χ2n) is 8.56. The number of fused-ring (bicyclic) bond motifs is 1. The second-order valence-corrected chi connectivity index (χ2v) is 8.56. The fourth-order valence-corrected chi connectivity index (χ4v) is 4.09. The van der Waals surface area contributed by atoms with E-state index < -0.39 is 6.09 Å². The van der Waals surface area contributed by atoms with Crippen molar-refractivity contribution in [1.82, 2.24) is 4.90 Å². The van der Waals surface area contributed by atoms with Gasteiger partial charge >= 0.3 is 12.1 Å². The van der Waals surface area contributed by atoms with E-state index in [4.69, 9.17) is 9.47 Å². The summed E-state index contributed by atoms with van der Waals surface area (Å²) in [7, 11) is 1.34. The van der Waals surface area contributed by atoms with Crippen LogP contribution in [0.25, 0.3) is 0 Å². The van der Waals surface area contributed by atoms with Crippen LogP contribution in [0.1, 0.15) is 27.9 Å². The van der Waals surface area contributed by atoms with Crippen molar-refractivity contribution in [2.45, 2.75) is 25.5 Å². The summed E-state index contributed by atoms with van der Waals surface area (Å²) < 4.78 is 10.2. The zero-order chi connectivity index (χ0) is 25.3. The predicted molar refractivity (Wildman–Crippen MR) is 137 cm³/mol. The Morgan fingerprint density at radius 3 is 2.39 bits per heavy atom. The number of rotatable bonds is 8. The molecule has 4 rings (SSSR count). The minimum absolute atomic E-state index is 0.0990. The summed E-state index contributed by atoms with van der Waals surface area (Å²) >= 11 is 0. The number of anilines is 2. The van der Waals surface area contributed by atoms with Gasteiger partial charge in [0.1, 0.15) is 6.61 Å². The molecule has 8 heteroatoms. The molecule has 2 amide bonds. The molecule has 3 aromatic carbocycles. The molecule has 1 unspecified atom stereocenters. The van der Waals surface area contributed by atoms with Gasteiger partial charge in [-0.15, -0.1) is 0 Å². The Labute approximate surface area is 210 Å². The smallest absolute Gasteiger partial charge is 0.411 e. The lowest BCUT2D eigenvalue weighted by Crippen LogP contribution is -2.39. The standard InChI is InChI=1S/C28H29N3O5/c1-35-26(32)17-23-18-31(15-14-20-8-4-2-5-9-20)27(33)24-13-12-22(16-25(24)29-23)30-28(34)36-19-21-10-6-3-7-11-21/h2-13,16,23,29H,14-15,17-19H2,1H3,(H,30,34). The molecule has 0 saturated carbocycles. The molecule has 36 heavy (non-hydrogen) atoms. The minimum Gasteiger partial charge on any atom is -0.469 e. The van der Waals surface area contributed by atoms with Crippen molar-refractivity contribution >= 4 is 29.3 Å². The van der Waals surface area contributed by atoms with Crippen molar-refractivity contribution in [2.75, 3.05) is 30.8 Å². The van der Waals surface area contributed by atoms with E-state index in [1.165, 1.54) is 7.11 Å². The maximum Gasteiger partial charge on any atom is 0.411 e. The molecule has 1 atom stereocenters. The Hall–Kier alpha value is -4.33. The summed E-state index contributed by atoms with van der Waals surface area (Å²) in [5, 5.41) is 6.00. The van der Waals surface area contributed by atoms with Gasteiger partial charge in [0.05, 0.1) is 25.1 Å². The van der Waals surface area contributed by atoms with Crippen LogP contribution in [-0.4, -0.2) is 49.1 Å². The van der Waals surface area contributed by atoms with Crippen LogP contribution in [0.3, 0.4) is 0 Å². The second kappa shape index (κ2) is 11.9. The van der Waals surface area contributed by atoms with Gasteiger partial charge in [0.15, 0.2) is 0 Å². The van der Waals surface area contributed by atoms with Gasteiger partial charge in [-0.3, -0.25) is 14.9 Å². The number of ether oxygens (including phenoxy) is 2. The molecule has 2 N–H and O–H groups in total. The first-order valence-corrected chi connectivity index (χ1v) is 11.8. The first kappa shape index (κ1) is 24.8. The lowest BCUT2D eigenvalue weighted by molar-refractivity contribution is -0.140. The topological polar surface area (TPSA) is 97.0 Å². The molecule has 8 nitrogen and oxygen atoms in total. The molecule has 1 heterocycles. The fourth-order valence-electron chi connectivity index (χ4n) is 4.09. The Morgan fingerprint density at radius 1 is 1.00 bits per heavy atom. The van der Waals surface area contributed by atoms with Crippen molar-refractivity contribution in [3.05, 3.63) is 95.6 Å². The maximum absolute atomic E-state index is 13.4. The maximum atomic E-state index is 13.4. The van der Waals surface area contributed by atoms with Gasteiger partial charge in [-0.2, -0.15) is 0 Å².